The lowest BCUT2D eigenvalue weighted by Crippen LogP contribution is -2.49. The van der Waals surface area contributed by atoms with E-state index >= 15 is 0 Å². The first kappa shape index (κ1) is 61.9. The monoisotopic (exact) mass is 1090 g/mol. The van der Waals surface area contributed by atoms with E-state index in [9.17, 15) is 0 Å². The molecule has 9 nitrogen and oxygen atoms in total. The first-order valence-corrected chi connectivity index (χ1v) is 32.7. The third kappa shape index (κ3) is 18.2. The molecule has 0 unspecified atom stereocenters. The highest BCUT2D eigenvalue weighted by molar-refractivity contribution is 5.51. The van der Waals surface area contributed by atoms with Gasteiger partial charge in [0, 0.05) is 112 Å². The number of morpholine rings is 1. The van der Waals surface area contributed by atoms with Crippen molar-refractivity contribution in [1.82, 2.24) is 19.6 Å². The standard InChI is InChI=1S/C19H30N2.C18H28N2O.C18H28N2.C16H26N2/c1-16(2)17-6-8-18(9-7-17)21-14-10-19(11-15-21)20-12-4-3-5-13-20;1-15(2)16-3-5-17(6-4-16)19-9-7-18(8-10-19)20-11-13-21-14-12-20;1-15(2)16-5-7-17(8-6-16)20-13-9-18(10-14-20)19-11-3-4-12-19;1-13(2)14-5-7-16(8-6-14)18-11-9-15(10-12-18)17(3)4/h6-9,16,19H,3-5,10-15H2,1-2H3;3-6,15,18H,7-14H2,1-2H3;5-8,15,18H,3-4,9-14H2,1-2H3;5-8,13,15H,9-12H2,1-4H3. The van der Waals surface area contributed by atoms with Gasteiger partial charge in [-0.2, -0.15) is 0 Å². The van der Waals surface area contributed by atoms with Crippen LogP contribution in [0.25, 0.3) is 0 Å². The Morgan fingerprint density at radius 2 is 0.550 bits per heavy atom. The fraction of sp³-hybridized carbons (Fsp3) is 0.662. The van der Waals surface area contributed by atoms with Gasteiger partial charge in [-0.3, -0.25) is 4.90 Å². The molecule has 80 heavy (non-hydrogen) atoms. The number of benzene rings is 4. The van der Waals surface area contributed by atoms with Crippen LogP contribution < -0.4 is 19.6 Å². The third-order valence-corrected chi connectivity index (χ3v) is 19.4. The molecule has 4 aromatic carbocycles. The lowest BCUT2D eigenvalue weighted by molar-refractivity contribution is 0.0115. The van der Waals surface area contributed by atoms with Gasteiger partial charge in [0.2, 0.25) is 0 Å². The summed E-state index contributed by atoms with van der Waals surface area (Å²) in [7, 11) is 4.38. The summed E-state index contributed by atoms with van der Waals surface area (Å²) < 4.78 is 5.46. The minimum atomic E-state index is 0.617. The van der Waals surface area contributed by atoms with Gasteiger partial charge in [-0.25, -0.2) is 0 Å². The Morgan fingerprint density at radius 3 is 0.800 bits per heavy atom. The Morgan fingerprint density at radius 1 is 0.312 bits per heavy atom. The molecule has 0 N–H and O–H groups in total. The highest BCUT2D eigenvalue weighted by Crippen LogP contribution is 2.30. The van der Waals surface area contributed by atoms with E-state index < -0.39 is 0 Å². The highest BCUT2D eigenvalue weighted by Gasteiger charge is 2.29. The largest absolute Gasteiger partial charge is 0.379 e. The topological polar surface area (TPSA) is 35.2 Å². The number of ether oxygens (including phenoxy) is 1. The first-order valence-electron chi connectivity index (χ1n) is 32.7. The van der Waals surface area contributed by atoms with Crippen LogP contribution in [0.1, 0.15) is 185 Å². The summed E-state index contributed by atoms with van der Waals surface area (Å²) in [5.41, 5.74) is 11.4. The molecule has 7 aliphatic heterocycles. The molecule has 11 rings (SSSR count). The molecule has 0 atom stereocenters. The Labute approximate surface area is 489 Å². The van der Waals surface area contributed by atoms with Crippen molar-refractivity contribution in [2.24, 2.45) is 0 Å². The molecule has 0 amide bonds. The van der Waals surface area contributed by atoms with Crippen LogP contribution in [0, 0.1) is 0 Å². The lowest BCUT2D eigenvalue weighted by atomic mass is 9.98. The van der Waals surface area contributed by atoms with Crippen LogP contribution in [-0.2, 0) is 4.74 Å². The molecule has 0 spiro atoms. The molecule has 7 aliphatic rings. The van der Waals surface area contributed by atoms with Crippen LogP contribution in [0.15, 0.2) is 97.1 Å². The number of nitrogens with zero attached hydrogens (tertiary/aromatic N) is 8. The van der Waals surface area contributed by atoms with Gasteiger partial charge in [0.05, 0.1) is 13.2 Å². The highest BCUT2D eigenvalue weighted by atomic mass is 16.5. The molecule has 9 heteroatoms. The van der Waals surface area contributed by atoms with E-state index in [0.717, 1.165) is 50.5 Å². The van der Waals surface area contributed by atoms with Crippen molar-refractivity contribution in [3.8, 4) is 0 Å². The zero-order valence-corrected chi connectivity index (χ0v) is 52.3. The second-order valence-corrected chi connectivity index (χ2v) is 26.3. The van der Waals surface area contributed by atoms with Gasteiger partial charge >= 0.3 is 0 Å². The van der Waals surface area contributed by atoms with E-state index in [4.69, 9.17) is 4.74 Å². The second kappa shape index (κ2) is 31.5. The number of hydrogen-bond acceptors (Lipinski definition) is 9. The maximum Gasteiger partial charge on any atom is 0.0594 e. The summed E-state index contributed by atoms with van der Waals surface area (Å²) in [5.74, 6) is 2.50. The van der Waals surface area contributed by atoms with Gasteiger partial charge in [0.1, 0.15) is 0 Å². The molecule has 7 saturated heterocycles. The van der Waals surface area contributed by atoms with Gasteiger partial charge < -0.3 is 39.0 Å². The van der Waals surface area contributed by atoms with Crippen LogP contribution in [-0.4, -0.2) is 163 Å². The minimum absolute atomic E-state index is 0.617. The van der Waals surface area contributed by atoms with Gasteiger partial charge in [0.15, 0.2) is 0 Å². The molecule has 4 aromatic rings. The van der Waals surface area contributed by atoms with E-state index in [1.807, 2.05) is 0 Å². The molecule has 7 fully saturated rings. The average molecular weight is 1090 g/mol. The normalized spacial score (nSPS) is 21.0. The zero-order valence-electron chi connectivity index (χ0n) is 52.3. The van der Waals surface area contributed by atoms with Gasteiger partial charge in [-0.1, -0.05) is 110 Å². The van der Waals surface area contributed by atoms with Crippen molar-refractivity contribution in [3.05, 3.63) is 119 Å². The molecular formula is C71H112N8O. The van der Waals surface area contributed by atoms with Gasteiger partial charge in [0.25, 0.3) is 0 Å². The Kier molecular flexibility index (Phi) is 24.4. The summed E-state index contributed by atoms with van der Waals surface area (Å²) >= 11 is 0. The Balaban J connectivity index is 0.000000140. The van der Waals surface area contributed by atoms with E-state index in [-0.39, 0.29) is 0 Å². The van der Waals surface area contributed by atoms with E-state index in [2.05, 4.69) is 206 Å². The van der Waals surface area contributed by atoms with Crippen LogP contribution >= 0.6 is 0 Å². The number of likely N-dealkylation sites (tertiary alicyclic amines) is 2. The van der Waals surface area contributed by atoms with Crippen molar-refractivity contribution < 1.29 is 4.74 Å². The van der Waals surface area contributed by atoms with Crippen molar-refractivity contribution in [3.63, 3.8) is 0 Å². The molecule has 0 bridgehead atoms. The van der Waals surface area contributed by atoms with Crippen molar-refractivity contribution in [1.29, 1.82) is 0 Å². The molecule has 0 radical (unpaired) electrons. The summed E-state index contributed by atoms with van der Waals surface area (Å²) in [6.07, 6.45) is 17.6. The first-order chi connectivity index (χ1) is 38.8. The average Bonchev–Trinajstić information content (AvgIpc) is 4.06. The fourth-order valence-electron chi connectivity index (χ4n) is 13.7. The van der Waals surface area contributed by atoms with Crippen LogP contribution in [0.5, 0.6) is 0 Å². The van der Waals surface area contributed by atoms with Crippen LogP contribution in [0.4, 0.5) is 22.7 Å². The summed E-state index contributed by atoms with van der Waals surface area (Å²) in [4.78, 5) is 20.7. The van der Waals surface area contributed by atoms with Crippen molar-refractivity contribution >= 4 is 22.7 Å². The van der Waals surface area contributed by atoms with Gasteiger partial charge in [-0.15, -0.1) is 0 Å². The molecule has 0 aromatic heterocycles. The Bertz CT molecular complexity index is 2200. The molecule has 442 valence electrons. The minimum Gasteiger partial charge on any atom is -0.379 e. The summed E-state index contributed by atoms with van der Waals surface area (Å²) in [6.45, 7) is 37.1. The fourth-order valence-corrected chi connectivity index (χ4v) is 13.7. The third-order valence-electron chi connectivity index (χ3n) is 19.4. The van der Waals surface area contributed by atoms with Gasteiger partial charge in [-0.05, 0) is 212 Å². The Hall–Kier alpha value is -4.12. The van der Waals surface area contributed by atoms with Crippen LogP contribution in [0.2, 0.25) is 0 Å². The summed E-state index contributed by atoms with van der Waals surface area (Å²) in [6, 6.07) is 40.0. The van der Waals surface area contributed by atoms with Crippen LogP contribution in [0.3, 0.4) is 0 Å². The SMILES string of the molecule is CC(C)c1ccc(N2CCC(N(C)C)CC2)cc1.CC(C)c1ccc(N2CCC(N3CCCC3)CC2)cc1.CC(C)c1ccc(N2CCC(N3CCCCC3)CC2)cc1.CC(C)c1ccc(N2CCC(N3CCOCC3)CC2)cc1. The maximum atomic E-state index is 5.46. The smallest absolute Gasteiger partial charge is 0.0594 e. The molecular weight excluding hydrogens is 981 g/mol. The van der Waals surface area contributed by atoms with Crippen molar-refractivity contribution in [2.45, 2.75) is 187 Å². The number of piperidine rings is 5. The van der Waals surface area contributed by atoms with E-state index in [1.54, 1.807) is 0 Å². The molecule has 0 saturated carbocycles. The van der Waals surface area contributed by atoms with Crippen molar-refractivity contribution in [2.75, 3.05) is 139 Å². The molecule has 7 heterocycles. The number of rotatable bonds is 12. The quantitative estimate of drug-likeness (QED) is 0.138. The second-order valence-electron chi connectivity index (χ2n) is 26.3. The summed E-state index contributed by atoms with van der Waals surface area (Å²) in [5, 5.41) is 0. The number of hydrogen-bond donors (Lipinski definition) is 0. The van der Waals surface area contributed by atoms with E-state index in [1.165, 1.54) is 207 Å². The zero-order chi connectivity index (χ0) is 56.4. The van der Waals surface area contributed by atoms with E-state index in [0.29, 0.717) is 23.7 Å². The molecule has 0 aliphatic carbocycles. The maximum absolute atomic E-state index is 5.46. The lowest BCUT2D eigenvalue weighted by Gasteiger charge is -2.41. The predicted molar refractivity (Wildman–Crippen MR) is 345 cm³/mol. The predicted octanol–water partition coefficient (Wildman–Crippen LogP) is 14.6. The number of anilines is 4.